The maximum atomic E-state index is 5.61. The van der Waals surface area contributed by atoms with Crippen molar-refractivity contribution in [3.05, 3.63) is 29.6 Å². The van der Waals surface area contributed by atoms with E-state index in [1.165, 1.54) is 0 Å². The molecule has 9 nitrogen and oxygen atoms in total. The Kier molecular flexibility index (Phi) is 7.16. The molecular weight excluding hydrogens is 404 g/mol. The number of aryl methyl sites for hydroxylation is 1. The highest BCUT2D eigenvalue weighted by Gasteiger charge is 2.23. The summed E-state index contributed by atoms with van der Waals surface area (Å²) in [5, 5.41) is 11.8. The molecule has 1 saturated heterocycles. The third-order valence-electron chi connectivity index (χ3n) is 5.58. The molecule has 4 heterocycles. The van der Waals surface area contributed by atoms with Gasteiger partial charge in [-0.2, -0.15) is 10.1 Å². The van der Waals surface area contributed by atoms with Gasteiger partial charge in [0.2, 0.25) is 5.95 Å². The average Bonchev–Trinajstić information content (AvgIpc) is 2.95. The van der Waals surface area contributed by atoms with Crippen LogP contribution in [-0.2, 0) is 11.3 Å². The lowest BCUT2D eigenvalue weighted by Crippen LogP contribution is -2.29. The van der Waals surface area contributed by atoms with E-state index in [0.29, 0.717) is 19.8 Å². The maximum absolute atomic E-state index is 5.61. The van der Waals surface area contributed by atoms with Gasteiger partial charge in [0.05, 0.1) is 18.8 Å². The van der Waals surface area contributed by atoms with E-state index < -0.39 is 0 Å². The van der Waals surface area contributed by atoms with Crippen molar-refractivity contribution >= 4 is 28.6 Å². The second-order valence-electron chi connectivity index (χ2n) is 8.47. The Balaban J connectivity index is 1.83. The van der Waals surface area contributed by atoms with E-state index in [1.54, 1.807) is 0 Å². The molecule has 1 aliphatic heterocycles. The minimum Gasteiger partial charge on any atom is -0.380 e. The Bertz CT molecular complexity index is 1020. The zero-order valence-electron chi connectivity index (χ0n) is 19.6. The van der Waals surface area contributed by atoms with Crippen LogP contribution in [0.15, 0.2) is 18.3 Å². The number of nitrogens with zero attached hydrogens (tertiary/aromatic N) is 6. The van der Waals surface area contributed by atoms with Crippen molar-refractivity contribution in [3.8, 4) is 0 Å². The monoisotopic (exact) mass is 438 g/mol. The molecule has 4 rings (SSSR count). The maximum Gasteiger partial charge on any atom is 0.228 e. The van der Waals surface area contributed by atoms with Crippen LogP contribution in [0.25, 0.3) is 11.0 Å². The van der Waals surface area contributed by atoms with Crippen LogP contribution in [0.4, 0.5) is 17.6 Å². The predicted octanol–water partition coefficient (Wildman–Crippen LogP) is 3.23. The molecule has 0 bridgehead atoms. The van der Waals surface area contributed by atoms with Crippen LogP contribution in [0.3, 0.4) is 0 Å². The molecule has 0 amide bonds. The van der Waals surface area contributed by atoms with Gasteiger partial charge in [0.15, 0.2) is 5.82 Å². The number of aromatic nitrogens is 5. The largest absolute Gasteiger partial charge is 0.380 e. The lowest BCUT2D eigenvalue weighted by Gasteiger charge is -2.21. The molecule has 0 radical (unpaired) electrons. The lowest BCUT2D eigenvalue weighted by molar-refractivity contribution is 0.137. The van der Waals surface area contributed by atoms with Gasteiger partial charge < -0.3 is 20.3 Å². The number of hydrogen-bond acceptors (Lipinski definition) is 8. The van der Waals surface area contributed by atoms with Crippen LogP contribution >= 0.6 is 0 Å². The Morgan fingerprint density at radius 3 is 2.81 bits per heavy atom. The second-order valence-corrected chi connectivity index (χ2v) is 8.47. The Hall–Kier alpha value is -2.78. The van der Waals surface area contributed by atoms with Crippen LogP contribution in [-0.4, -0.2) is 64.1 Å². The minimum absolute atomic E-state index is 0.241. The van der Waals surface area contributed by atoms with E-state index >= 15 is 0 Å². The van der Waals surface area contributed by atoms with Crippen molar-refractivity contribution in [1.82, 2.24) is 30.0 Å². The van der Waals surface area contributed by atoms with Crippen molar-refractivity contribution < 1.29 is 4.74 Å². The molecule has 3 aromatic rings. The van der Waals surface area contributed by atoms with Crippen molar-refractivity contribution in [2.75, 3.05) is 49.6 Å². The molecule has 0 aliphatic carbocycles. The molecule has 0 saturated carbocycles. The number of ether oxygens (including phenoxy) is 1. The first kappa shape index (κ1) is 22.4. The molecule has 172 valence electrons. The summed E-state index contributed by atoms with van der Waals surface area (Å²) >= 11 is 0. The second kappa shape index (κ2) is 10.2. The van der Waals surface area contributed by atoms with Gasteiger partial charge in [0.1, 0.15) is 16.9 Å². The van der Waals surface area contributed by atoms with Gasteiger partial charge in [0.25, 0.3) is 0 Å². The van der Waals surface area contributed by atoms with Crippen LogP contribution in [0.5, 0.6) is 0 Å². The highest BCUT2D eigenvalue weighted by Crippen LogP contribution is 2.31. The zero-order valence-corrected chi connectivity index (χ0v) is 19.6. The molecule has 0 aromatic carbocycles. The van der Waals surface area contributed by atoms with Crippen LogP contribution < -0.4 is 15.5 Å². The number of fused-ring (bicyclic) bond motifs is 1. The third kappa shape index (κ3) is 4.99. The van der Waals surface area contributed by atoms with Gasteiger partial charge in [-0.05, 0) is 44.4 Å². The summed E-state index contributed by atoms with van der Waals surface area (Å²) in [6.07, 6.45) is 2.92. The van der Waals surface area contributed by atoms with E-state index in [9.17, 15) is 0 Å². The molecule has 1 fully saturated rings. The van der Waals surface area contributed by atoms with Crippen molar-refractivity contribution in [1.29, 1.82) is 0 Å². The first-order chi connectivity index (χ1) is 15.6. The first-order valence-corrected chi connectivity index (χ1v) is 11.6. The van der Waals surface area contributed by atoms with Crippen molar-refractivity contribution in [2.45, 2.75) is 46.6 Å². The van der Waals surface area contributed by atoms with Gasteiger partial charge in [0, 0.05) is 32.4 Å². The molecule has 0 unspecified atom stereocenters. The highest BCUT2D eigenvalue weighted by atomic mass is 16.5. The van der Waals surface area contributed by atoms with Gasteiger partial charge >= 0.3 is 0 Å². The Labute approximate surface area is 189 Å². The van der Waals surface area contributed by atoms with Gasteiger partial charge in [-0.15, -0.1) is 0 Å². The first-order valence-electron chi connectivity index (χ1n) is 11.6. The molecule has 0 atom stereocenters. The minimum atomic E-state index is 0.241. The number of anilines is 3. The summed E-state index contributed by atoms with van der Waals surface area (Å²) < 4.78 is 7.59. The molecule has 1 aliphatic rings. The summed E-state index contributed by atoms with van der Waals surface area (Å²) in [5.41, 5.74) is 3.89. The molecule has 2 N–H and O–H groups in total. The number of hydrogen-bond donors (Lipinski definition) is 2. The Morgan fingerprint density at radius 1 is 1.19 bits per heavy atom. The van der Waals surface area contributed by atoms with E-state index in [1.807, 2.05) is 36.9 Å². The fourth-order valence-corrected chi connectivity index (χ4v) is 3.88. The van der Waals surface area contributed by atoms with Gasteiger partial charge in [-0.1, -0.05) is 19.9 Å². The summed E-state index contributed by atoms with van der Waals surface area (Å²) in [5.74, 6) is 2.46. The molecule has 3 aromatic heterocycles. The topological polar surface area (TPSA) is 93.0 Å². The smallest absolute Gasteiger partial charge is 0.228 e. The quantitative estimate of drug-likeness (QED) is 0.518. The summed E-state index contributed by atoms with van der Waals surface area (Å²) in [6.45, 7) is 14.0. The van der Waals surface area contributed by atoms with Crippen LogP contribution in [0, 0.1) is 6.92 Å². The van der Waals surface area contributed by atoms with E-state index in [-0.39, 0.29) is 5.92 Å². The molecular formula is C23H34N8O. The lowest BCUT2D eigenvalue weighted by atomic mass is 10.1. The number of rotatable bonds is 8. The fourth-order valence-electron chi connectivity index (χ4n) is 3.88. The van der Waals surface area contributed by atoms with E-state index in [0.717, 1.165) is 72.5 Å². The summed E-state index contributed by atoms with van der Waals surface area (Å²) in [7, 11) is 0. The van der Waals surface area contributed by atoms with Crippen molar-refractivity contribution in [2.24, 2.45) is 0 Å². The number of pyridine rings is 1. The zero-order chi connectivity index (χ0) is 22.5. The van der Waals surface area contributed by atoms with Gasteiger partial charge in [-0.3, -0.25) is 4.68 Å². The van der Waals surface area contributed by atoms with Crippen LogP contribution in [0.2, 0.25) is 0 Å². The van der Waals surface area contributed by atoms with Crippen molar-refractivity contribution in [3.63, 3.8) is 0 Å². The normalized spacial score (nSPS) is 14.8. The van der Waals surface area contributed by atoms with Gasteiger partial charge in [-0.25, -0.2) is 9.97 Å². The summed E-state index contributed by atoms with van der Waals surface area (Å²) in [6, 6.07) is 4.02. The SMILES string of the molecule is CCOCCn1nc(C(C)C)c2nc(N3CCCNCC3)nc(Nc3ccc(C)cn3)c21. The fraction of sp³-hybridized carbons (Fsp3) is 0.565. The molecule has 0 spiro atoms. The highest BCUT2D eigenvalue weighted by molar-refractivity contribution is 5.90. The van der Waals surface area contributed by atoms with E-state index in [4.69, 9.17) is 19.8 Å². The van der Waals surface area contributed by atoms with Crippen LogP contribution in [0.1, 0.15) is 44.4 Å². The third-order valence-corrected chi connectivity index (χ3v) is 5.58. The Morgan fingerprint density at radius 2 is 2.06 bits per heavy atom. The van der Waals surface area contributed by atoms with E-state index in [2.05, 4.69) is 34.4 Å². The molecule has 32 heavy (non-hydrogen) atoms. The number of nitrogens with one attached hydrogen (secondary N) is 2. The summed E-state index contributed by atoms with van der Waals surface area (Å²) in [4.78, 5) is 16.8. The average molecular weight is 439 g/mol. The standard InChI is InChI=1S/C23H34N8O/c1-5-32-14-13-31-21-20(19(29-31)16(2)3)27-23(30-11-6-9-24-10-12-30)28-22(21)26-18-8-7-17(4)15-25-18/h7-8,15-16,24H,5-6,9-14H2,1-4H3,(H,25,26,27,28). The molecule has 9 heteroatoms. The predicted molar refractivity (Wildman–Crippen MR) is 128 cm³/mol.